The van der Waals surface area contributed by atoms with E-state index in [0.29, 0.717) is 32.1 Å². The maximum Gasteiger partial charge on any atom is 0.310 e. The van der Waals surface area contributed by atoms with Gasteiger partial charge in [-0.1, -0.05) is 19.1 Å². The summed E-state index contributed by atoms with van der Waals surface area (Å²) in [6, 6.07) is 6.40. The number of methoxy groups -OCH3 is 1. The largest absolute Gasteiger partial charge is 0.507 e. The van der Waals surface area contributed by atoms with Crippen molar-refractivity contribution in [2.45, 2.75) is 13.8 Å². The molecule has 1 amide bonds. The van der Waals surface area contributed by atoms with Crippen LogP contribution < -0.4 is 10.6 Å². The first-order valence-electron chi connectivity index (χ1n) is 9.15. The van der Waals surface area contributed by atoms with Gasteiger partial charge in [0.1, 0.15) is 5.75 Å². The molecule has 1 aromatic carbocycles. The third-order valence-corrected chi connectivity index (χ3v) is 4.56. The summed E-state index contributed by atoms with van der Waals surface area (Å²) < 4.78 is 4.88. The Morgan fingerprint density at radius 2 is 2.00 bits per heavy atom. The Labute approximate surface area is 182 Å². The van der Waals surface area contributed by atoms with Crippen molar-refractivity contribution >= 4 is 41.8 Å². The van der Waals surface area contributed by atoms with Crippen molar-refractivity contribution in [2.75, 3.05) is 39.8 Å². The highest BCUT2D eigenvalue weighted by Gasteiger charge is 2.36. The van der Waals surface area contributed by atoms with E-state index >= 15 is 0 Å². The molecule has 0 aromatic heterocycles. The van der Waals surface area contributed by atoms with Crippen LogP contribution in [0.25, 0.3) is 0 Å². The molecule has 0 saturated carbocycles. The van der Waals surface area contributed by atoms with E-state index in [1.165, 1.54) is 13.2 Å². The molecule has 1 aliphatic rings. The maximum atomic E-state index is 12.1. The Hall–Kier alpha value is -2.04. The maximum absolute atomic E-state index is 12.1. The summed E-state index contributed by atoms with van der Waals surface area (Å²) in [6.45, 7) is 6.71. The molecular formula is C19H29IN4O4. The van der Waals surface area contributed by atoms with Crippen LogP contribution in [0.3, 0.4) is 0 Å². The number of carbonyl (C=O) groups is 2. The van der Waals surface area contributed by atoms with Crippen molar-refractivity contribution in [3.63, 3.8) is 0 Å². The number of likely N-dealkylation sites (tertiary alicyclic amines) is 1. The summed E-state index contributed by atoms with van der Waals surface area (Å²) >= 11 is 0. The predicted octanol–water partition coefficient (Wildman–Crippen LogP) is 1.45. The van der Waals surface area contributed by atoms with Crippen LogP contribution in [0.2, 0.25) is 0 Å². The Morgan fingerprint density at radius 1 is 1.29 bits per heavy atom. The summed E-state index contributed by atoms with van der Waals surface area (Å²) in [5, 5.41) is 15.7. The molecule has 3 N–H and O–H groups in total. The van der Waals surface area contributed by atoms with Gasteiger partial charge in [-0.25, -0.2) is 0 Å². The average molecular weight is 504 g/mol. The summed E-state index contributed by atoms with van der Waals surface area (Å²) in [5.41, 5.74) is 0.239. The molecular weight excluding hydrogens is 475 g/mol. The fraction of sp³-hybridized carbons (Fsp3) is 0.526. The summed E-state index contributed by atoms with van der Waals surface area (Å²) in [5.74, 6) is 0.144. The number of aromatic hydroxyl groups is 1. The minimum Gasteiger partial charge on any atom is -0.507 e. The smallest absolute Gasteiger partial charge is 0.310 e. The number of hydrogen-bond donors (Lipinski definition) is 3. The van der Waals surface area contributed by atoms with Crippen molar-refractivity contribution in [3.8, 4) is 5.75 Å². The average Bonchev–Trinajstić information content (AvgIpc) is 3.05. The minimum absolute atomic E-state index is 0. The molecule has 1 saturated heterocycles. The molecule has 9 heteroatoms. The van der Waals surface area contributed by atoms with Crippen LogP contribution in [0.4, 0.5) is 0 Å². The lowest BCUT2D eigenvalue weighted by molar-refractivity contribution is -0.145. The van der Waals surface area contributed by atoms with Crippen molar-refractivity contribution in [3.05, 3.63) is 29.8 Å². The zero-order valence-corrected chi connectivity index (χ0v) is 18.8. The highest BCUT2D eigenvalue weighted by molar-refractivity contribution is 14.0. The summed E-state index contributed by atoms with van der Waals surface area (Å²) in [7, 11) is 1.41. The number of guanidine groups is 1. The van der Waals surface area contributed by atoms with Crippen LogP contribution >= 0.6 is 24.0 Å². The SMILES string of the molecule is CCNC(=NCCNC(=O)c1ccccc1O)N1CC(C)C(C(=O)OC)C1.I. The van der Waals surface area contributed by atoms with Gasteiger partial charge in [-0.15, -0.1) is 24.0 Å². The molecule has 28 heavy (non-hydrogen) atoms. The standard InChI is InChI=1S/C19H28N4O4.HI/c1-4-20-19(23-11-13(2)15(12-23)18(26)27-3)22-10-9-21-17(25)14-7-5-6-8-16(14)24;/h5-8,13,15,24H,4,9-12H2,1-3H3,(H,20,22)(H,21,25);1H. The molecule has 156 valence electrons. The Bertz CT molecular complexity index is 698. The van der Waals surface area contributed by atoms with Gasteiger partial charge in [-0.3, -0.25) is 14.6 Å². The van der Waals surface area contributed by atoms with Gasteiger partial charge in [0.2, 0.25) is 0 Å². The molecule has 1 aromatic rings. The first-order chi connectivity index (χ1) is 13.0. The lowest BCUT2D eigenvalue weighted by atomic mass is 9.99. The van der Waals surface area contributed by atoms with Crippen LogP contribution in [0, 0.1) is 11.8 Å². The van der Waals surface area contributed by atoms with E-state index in [1.807, 2.05) is 18.7 Å². The van der Waals surface area contributed by atoms with E-state index in [4.69, 9.17) is 4.74 Å². The summed E-state index contributed by atoms with van der Waals surface area (Å²) in [6.07, 6.45) is 0. The Kier molecular flexibility index (Phi) is 10.0. The molecule has 0 aliphatic carbocycles. The lowest BCUT2D eigenvalue weighted by Crippen LogP contribution is -2.41. The lowest BCUT2D eigenvalue weighted by Gasteiger charge is -2.21. The topological polar surface area (TPSA) is 103 Å². The van der Waals surface area contributed by atoms with Crippen molar-refractivity contribution in [1.29, 1.82) is 0 Å². The zero-order valence-electron chi connectivity index (χ0n) is 16.5. The number of ether oxygens (including phenoxy) is 1. The fourth-order valence-electron chi connectivity index (χ4n) is 3.12. The van der Waals surface area contributed by atoms with Crippen molar-refractivity contribution < 1.29 is 19.4 Å². The number of phenolic OH excluding ortho intramolecular Hbond substituents is 1. The van der Waals surface area contributed by atoms with Gasteiger partial charge < -0.3 is 25.4 Å². The number of para-hydroxylation sites is 1. The van der Waals surface area contributed by atoms with Gasteiger partial charge in [0, 0.05) is 26.2 Å². The van der Waals surface area contributed by atoms with E-state index < -0.39 is 0 Å². The number of phenols is 1. The number of halogens is 1. The second-order valence-electron chi connectivity index (χ2n) is 6.52. The Balaban J connectivity index is 0.00000392. The third kappa shape index (κ3) is 6.25. The number of aliphatic imine (C=N–C) groups is 1. The molecule has 8 nitrogen and oxygen atoms in total. The normalized spacial score (nSPS) is 19.0. The van der Waals surface area contributed by atoms with Gasteiger partial charge in [0.15, 0.2) is 5.96 Å². The highest BCUT2D eigenvalue weighted by Crippen LogP contribution is 2.24. The van der Waals surface area contributed by atoms with Crippen LogP contribution in [0.15, 0.2) is 29.3 Å². The van der Waals surface area contributed by atoms with E-state index in [2.05, 4.69) is 15.6 Å². The number of esters is 1. The first-order valence-corrected chi connectivity index (χ1v) is 9.15. The van der Waals surface area contributed by atoms with Crippen LogP contribution in [-0.2, 0) is 9.53 Å². The van der Waals surface area contributed by atoms with Crippen LogP contribution in [0.5, 0.6) is 5.75 Å². The van der Waals surface area contributed by atoms with Crippen molar-refractivity contribution in [1.82, 2.24) is 15.5 Å². The highest BCUT2D eigenvalue weighted by atomic mass is 127. The molecule has 1 aliphatic heterocycles. The van der Waals surface area contributed by atoms with Crippen LogP contribution in [0.1, 0.15) is 24.2 Å². The summed E-state index contributed by atoms with van der Waals surface area (Å²) in [4.78, 5) is 30.5. The molecule has 1 heterocycles. The molecule has 0 spiro atoms. The number of nitrogens with zero attached hydrogens (tertiary/aromatic N) is 2. The van der Waals surface area contributed by atoms with E-state index in [-0.39, 0.29) is 59.0 Å². The molecule has 1 fully saturated rings. The van der Waals surface area contributed by atoms with E-state index in [9.17, 15) is 14.7 Å². The second-order valence-corrected chi connectivity index (χ2v) is 6.52. The van der Waals surface area contributed by atoms with Gasteiger partial charge in [0.25, 0.3) is 5.91 Å². The molecule has 2 unspecified atom stereocenters. The zero-order chi connectivity index (χ0) is 19.8. The van der Waals surface area contributed by atoms with Gasteiger partial charge in [0.05, 0.1) is 25.1 Å². The number of nitrogens with one attached hydrogen (secondary N) is 2. The van der Waals surface area contributed by atoms with Crippen LogP contribution in [-0.4, -0.2) is 67.7 Å². The predicted molar refractivity (Wildman–Crippen MR) is 118 cm³/mol. The van der Waals surface area contributed by atoms with Gasteiger partial charge >= 0.3 is 5.97 Å². The van der Waals surface area contributed by atoms with Crippen molar-refractivity contribution in [2.24, 2.45) is 16.8 Å². The van der Waals surface area contributed by atoms with E-state index in [0.717, 1.165) is 6.54 Å². The monoisotopic (exact) mass is 504 g/mol. The van der Waals surface area contributed by atoms with E-state index in [1.54, 1.807) is 18.2 Å². The quantitative estimate of drug-likeness (QED) is 0.178. The number of rotatable bonds is 6. The first kappa shape index (κ1) is 24.0. The molecule has 0 bridgehead atoms. The van der Waals surface area contributed by atoms with Gasteiger partial charge in [-0.05, 0) is 25.0 Å². The molecule has 2 atom stereocenters. The third-order valence-electron chi connectivity index (χ3n) is 4.56. The number of amides is 1. The number of carbonyl (C=O) groups excluding carboxylic acids is 2. The Morgan fingerprint density at radius 3 is 2.64 bits per heavy atom. The molecule has 0 radical (unpaired) electrons. The van der Waals surface area contributed by atoms with Gasteiger partial charge in [-0.2, -0.15) is 0 Å². The second kappa shape index (κ2) is 11.7. The number of hydrogen-bond acceptors (Lipinski definition) is 5. The minimum atomic E-state index is -0.339. The molecule has 2 rings (SSSR count). The fourth-order valence-corrected chi connectivity index (χ4v) is 3.12. The number of benzene rings is 1.